The third kappa shape index (κ3) is 8.51. The van der Waals surface area contributed by atoms with Crippen LogP contribution in [0.15, 0.2) is 48.5 Å². The first-order chi connectivity index (χ1) is 17.1. The van der Waals surface area contributed by atoms with Gasteiger partial charge in [0.1, 0.15) is 17.6 Å². The van der Waals surface area contributed by atoms with E-state index in [1.165, 1.54) is 23.1 Å². The summed E-state index contributed by atoms with van der Waals surface area (Å²) in [4.78, 5) is 27.5. The Labute approximate surface area is 213 Å². The number of carbonyl (C=O) groups excluding carboxylic acids is 2. The van der Waals surface area contributed by atoms with Crippen molar-refractivity contribution in [2.24, 2.45) is 0 Å². The summed E-state index contributed by atoms with van der Waals surface area (Å²) >= 11 is 0. The second-order valence-corrected chi connectivity index (χ2v) is 10.5. The summed E-state index contributed by atoms with van der Waals surface area (Å²) in [5.74, 6) is -0.538. The van der Waals surface area contributed by atoms with E-state index in [4.69, 9.17) is 4.74 Å². The molecule has 0 heterocycles. The number of hydrogen-bond donors (Lipinski definition) is 1. The van der Waals surface area contributed by atoms with E-state index in [0.717, 1.165) is 29.0 Å². The molecule has 0 saturated heterocycles. The molecule has 8 nitrogen and oxygen atoms in total. The molecular weight excluding hydrogens is 485 g/mol. The number of rotatable bonds is 14. The number of methoxy groups -OCH3 is 1. The van der Waals surface area contributed by atoms with Gasteiger partial charge in [-0.15, -0.1) is 0 Å². The Morgan fingerprint density at radius 2 is 1.75 bits per heavy atom. The van der Waals surface area contributed by atoms with E-state index in [0.29, 0.717) is 12.3 Å². The van der Waals surface area contributed by atoms with Gasteiger partial charge in [-0.25, -0.2) is 12.8 Å². The molecule has 36 heavy (non-hydrogen) atoms. The zero-order valence-corrected chi connectivity index (χ0v) is 22.2. The van der Waals surface area contributed by atoms with E-state index in [1.807, 2.05) is 19.1 Å². The lowest BCUT2D eigenvalue weighted by Crippen LogP contribution is -2.48. The molecule has 0 aliphatic rings. The molecular formula is C26H36FN3O5S. The molecule has 0 saturated carbocycles. The lowest BCUT2D eigenvalue weighted by atomic mass is 10.1. The van der Waals surface area contributed by atoms with Gasteiger partial charge in [0, 0.05) is 26.1 Å². The van der Waals surface area contributed by atoms with Crippen LogP contribution in [0.3, 0.4) is 0 Å². The van der Waals surface area contributed by atoms with Gasteiger partial charge >= 0.3 is 0 Å². The molecule has 10 heteroatoms. The average molecular weight is 522 g/mol. The van der Waals surface area contributed by atoms with E-state index < -0.39 is 21.9 Å². The molecule has 0 radical (unpaired) electrons. The van der Waals surface area contributed by atoms with E-state index >= 15 is 0 Å². The Bertz CT molecular complexity index is 1110. The fourth-order valence-electron chi connectivity index (χ4n) is 3.68. The van der Waals surface area contributed by atoms with Gasteiger partial charge in [-0.3, -0.25) is 13.9 Å². The molecule has 0 unspecified atom stereocenters. The van der Waals surface area contributed by atoms with Crippen LogP contribution in [0.1, 0.15) is 45.1 Å². The smallest absolute Gasteiger partial charge is 0.242 e. The lowest BCUT2D eigenvalue weighted by Gasteiger charge is -2.29. The quantitative estimate of drug-likeness (QED) is 0.383. The second kappa shape index (κ2) is 13.8. The number of amides is 2. The third-order valence-electron chi connectivity index (χ3n) is 5.78. The van der Waals surface area contributed by atoms with Crippen LogP contribution in [-0.4, -0.2) is 57.6 Å². The summed E-state index contributed by atoms with van der Waals surface area (Å²) in [5, 5.41) is 2.86. The van der Waals surface area contributed by atoms with Gasteiger partial charge in [0.25, 0.3) is 0 Å². The number of nitrogens with zero attached hydrogens (tertiary/aromatic N) is 2. The van der Waals surface area contributed by atoms with E-state index in [1.54, 1.807) is 32.2 Å². The van der Waals surface area contributed by atoms with E-state index in [9.17, 15) is 22.4 Å². The van der Waals surface area contributed by atoms with Crippen LogP contribution in [0.2, 0.25) is 0 Å². The van der Waals surface area contributed by atoms with Crippen molar-refractivity contribution in [2.75, 3.05) is 30.8 Å². The maximum atomic E-state index is 14.3. The molecule has 198 valence electrons. The van der Waals surface area contributed by atoms with Gasteiger partial charge in [-0.05, 0) is 49.6 Å². The maximum absolute atomic E-state index is 14.3. The normalized spacial score (nSPS) is 12.0. The molecule has 0 fully saturated rings. The predicted molar refractivity (Wildman–Crippen MR) is 139 cm³/mol. The summed E-state index contributed by atoms with van der Waals surface area (Å²) < 4.78 is 45.0. The molecule has 2 rings (SSSR count). The minimum absolute atomic E-state index is 0.0107. The minimum Gasteiger partial charge on any atom is -0.497 e. The van der Waals surface area contributed by atoms with Crippen molar-refractivity contribution in [3.05, 3.63) is 59.9 Å². The Morgan fingerprint density at radius 1 is 1.08 bits per heavy atom. The third-order valence-corrected chi connectivity index (χ3v) is 6.96. The molecule has 0 spiro atoms. The fourth-order valence-corrected chi connectivity index (χ4v) is 4.65. The van der Waals surface area contributed by atoms with Gasteiger partial charge in [-0.2, -0.15) is 0 Å². The number of unbranched alkanes of at least 4 members (excludes halogenated alkanes) is 1. The summed E-state index contributed by atoms with van der Waals surface area (Å²) in [6.07, 6.45) is 2.91. The molecule has 0 bridgehead atoms. The first-order valence-electron chi connectivity index (χ1n) is 12.0. The van der Waals surface area contributed by atoms with Gasteiger partial charge in [0.15, 0.2) is 0 Å². The van der Waals surface area contributed by atoms with Crippen molar-refractivity contribution in [1.29, 1.82) is 0 Å². The number of nitrogens with one attached hydrogen (secondary N) is 1. The molecule has 2 aromatic rings. The number of carbonyl (C=O) groups is 2. The molecule has 0 aliphatic carbocycles. The zero-order valence-electron chi connectivity index (χ0n) is 21.4. The second-order valence-electron chi connectivity index (χ2n) is 8.58. The van der Waals surface area contributed by atoms with Crippen LogP contribution in [0, 0.1) is 5.82 Å². The van der Waals surface area contributed by atoms with Crippen LogP contribution >= 0.6 is 0 Å². The van der Waals surface area contributed by atoms with E-state index in [-0.39, 0.29) is 43.4 Å². The highest BCUT2D eigenvalue weighted by Gasteiger charge is 2.27. The number of hydrogen-bond acceptors (Lipinski definition) is 5. The number of halogens is 1. The van der Waals surface area contributed by atoms with Crippen molar-refractivity contribution in [2.45, 2.75) is 52.1 Å². The summed E-state index contributed by atoms with van der Waals surface area (Å²) in [7, 11) is -2.20. The van der Waals surface area contributed by atoms with Crippen molar-refractivity contribution in [3.63, 3.8) is 0 Å². The van der Waals surface area contributed by atoms with E-state index in [2.05, 4.69) is 5.32 Å². The molecule has 1 atom stereocenters. The monoisotopic (exact) mass is 521 g/mol. The van der Waals surface area contributed by atoms with Crippen LogP contribution in [0.5, 0.6) is 5.75 Å². The number of sulfonamides is 1. The summed E-state index contributed by atoms with van der Waals surface area (Å²) in [5.41, 5.74) is 0.757. The van der Waals surface area contributed by atoms with Gasteiger partial charge in [0.05, 0.1) is 19.1 Å². The Morgan fingerprint density at radius 3 is 2.33 bits per heavy atom. The largest absolute Gasteiger partial charge is 0.497 e. The highest BCUT2D eigenvalue weighted by Crippen LogP contribution is 2.22. The van der Waals surface area contributed by atoms with Gasteiger partial charge < -0.3 is 15.0 Å². The maximum Gasteiger partial charge on any atom is 0.242 e. The number of para-hydroxylation sites is 1. The minimum atomic E-state index is -3.76. The summed E-state index contributed by atoms with van der Waals surface area (Å²) in [6.45, 7) is 4.35. The number of benzene rings is 2. The Hall–Kier alpha value is -3.14. The summed E-state index contributed by atoms with van der Waals surface area (Å²) in [6, 6.07) is 12.1. The first kappa shape index (κ1) is 29.1. The average Bonchev–Trinajstić information content (AvgIpc) is 2.85. The molecule has 2 amide bonds. The molecule has 1 N–H and O–H groups in total. The molecule has 0 aliphatic heterocycles. The molecule has 2 aromatic carbocycles. The van der Waals surface area contributed by atoms with Crippen LogP contribution in [0.4, 0.5) is 10.1 Å². The Kier molecular flexibility index (Phi) is 11.2. The Balaban J connectivity index is 2.16. The van der Waals surface area contributed by atoms with Crippen molar-refractivity contribution >= 4 is 27.5 Å². The lowest BCUT2D eigenvalue weighted by molar-refractivity contribution is -0.140. The van der Waals surface area contributed by atoms with Crippen LogP contribution in [0.25, 0.3) is 0 Å². The van der Waals surface area contributed by atoms with Crippen molar-refractivity contribution in [3.8, 4) is 5.75 Å². The van der Waals surface area contributed by atoms with Gasteiger partial charge in [0.2, 0.25) is 21.8 Å². The highest BCUT2D eigenvalue weighted by molar-refractivity contribution is 7.92. The van der Waals surface area contributed by atoms with Crippen molar-refractivity contribution < 1.29 is 27.1 Å². The SMILES string of the molecule is CCCCNC(=O)[C@@H](C)N(Cc1ccc(OC)cc1)C(=O)CCCN(c1ccccc1F)S(C)(=O)=O. The molecule has 0 aromatic heterocycles. The zero-order chi connectivity index (χ0) is 26.7. The van der Waals surface area contributed by atoms with Crippen molar-refractivity contribution in [1.82, 2.24) is 10.2 Å². The number of anilines is 1. The number of ether oxygens (including phenoxy) is 1. The van der Waals surface area contributed by atoms with Gasteiger partial charge in [-0.1, -0.05) is 37.6 Å². The van der Waals surface area contributed by atoms with Crippen LogP contribution in [-0.2, 0) is 26.2 Å². The first-order valence-corrected chi connectivity index (χ1v) is 13.9. The topological polar surface area (TPSA) is 96.0 Å². The standard InChI is InChI=1S/C26H36FN3O5S/c1-5-6-17-28-26(32)20(2)29(19-21-13-15-22(35-3)16-14-21)25(31)12-9-18-30(36(4,33)34)24-11-8-7-10-23(24)27/h7-8,10-11,13-16,20H,5-6,9,12,17-19H2,1-4H3,(H,28,32)/t20-/m1/s1. The van der Waals surface area contributed by atoms with Crippen LogP contribution < -0.4 is 14.4 Å². The fraction of sp³-hybridized carbons (Fsp3) is 0.462. The highest BCUT2D eigenvalue weighted by atomic mass is 32.2. The predicted octanol–water partition coefficient (Wildman–Crippen LogP) is 3.71.